The molecular weight excluding hydrogens is 400 g/mol. The molecule has 1 aliphatic carbocycles. The topological polar surface area (TPSA) is 66.8 Å². The Morgan fingerprint density at radius 1 is 1.03 bits per heavy atom. The third kappa shape index (κ3) is 3.36. The normalized spacial score (nSPS) is 23.7. The number of fused-ring (bicyclic) bond motifs is 1. The molecule has 3 atom stereocenters. The number of alkyl halides is 3. The standard InChI is InChI=1S/C20H18F4N6/c21-13-3-1-11-2-4-17(14(11)8-13)30-9-16(26-10-30)15-7-12(5-6-25-15)18-19(20(22,23)24)28-29-27-18/h1,3,5-10,17-19,27-29H,2,4H2. The molecule has 3 aromatic rings. The van der Waals surface area contributed by atoms with E-state index in [4.69, 9.17) is 0 Å². The predicted octanol–water partition coefficient (Wildman–Crippen LogP) is 3.20. The molecular formula is C20H18F4N6. The van der Waals surface area contributed by atoms with Crippen LogP contribution in [0, 0.1) is 5.82 Å². The van der Waals surface area contributed by atoms with Crippen LogP contribution in [0.4, 0.5) is 17.6 Å². The lowest BCUT2D eigenvalue weighted by Crippen LogP contribution is -2.43. The zero-order valence-corrected chi connectivity index (χ0v) is 15.6. The third-order valence-corrected chi connectivity index (χ3v) is 5.66. The summed E-state index contributed by atoms with van der Waals surface area (Å²) in [4.78, 5) is 8.68. The van der Waals surface area contributed by atoms with Crippen LogP contribution in [-0.4, -0.2) is 26.8 Å². The molecule has 0 bridgehead atoms. The molecule has 3 N–H and O–H groups in total. The zero-order chi connectivity index (χ0) is 20.9. The van der Waals surface area contributed by atoms with Gasteiger partial charge in [0.1, 0.15) is 17.6 Å². The Kier molecular flexibility index (Phi) is 4.57. The molecule has 3 heterocycles. The van der Waals surface area contributed by atoms with Gasteiger partial charge >= 0.3 is 6.18 Å². The van der Waals surface area contributed by atoms with Crippen LogP contribution < -0.4 is 16.4 Å². The van der Waals surface area contributed by atoms with Crippen LogP contribution in [0.15, 0.2) is 49.1 Å². The predicted molar refractivity (Wildman–Crippen MR) is 100 cm³/mol. The first kappa shape index (κ1) is 19.2. The van der Waals surface area contributed by atoms with Crippen molar-refractivity contribution in [1.82, 2.24) is 30.9 Å². The van der Waals surface area contributed by atoms with Crippen molar-refractivity contribution in [3.8, 4) is 11.4 Å². The highest BCUT2D eigenvalue weighted by Crippen LogP contribution is 2.36. The van der Waals surface area contributed by atoms with E-state index >= 15 is 0 Å². The van der Waals surface area contributed by atoms with Gasteiger partial charge in [0, 0.05) is 12.4 Å². The van der Waals surface area contributed by atoms with E-state index in [1.165, 1.54) is 12.3 Å². The number of hydrogen-bond acceptors (Lipinski definition) is 5. The van der Waals surface area contributed by atoms with Crippen LogP contribution in [0.25, 0.3) is 11.4 Å². The van der Waals surface area contributed by atoms with Crippen molar-refractivity contribution in [3.63, 3.8) is 0 Å². The number of pyridine rings is 1. The fourth-order valence-electron chi connectivity index (χ4n) is 4.19. The van der Waals surface area contributed by atoms with E-state index in [0.717, 1.165) is 24.0 Å². The number of aryl methyl sites for hydroxylation is 1. The molecule has 5 rings (SSSR count). The highest BCUT2D eigenvalue weighted by atomic mass is 19.4. The number of hydrogen-bond donors (Lipinski definition) is 3. The van der Waals surface area contributed by atoms with Gasteiger partial charge < -0.3 is 4.57 Å². The number of imidazole rings is 1. The van der Waals surface area contributed by atoms with Crippen molar-refractivity contribution in [1.29, 1.82) is 0 Å². The Morgan fingerprint density at radius 2 is 1.90 bits per heavy atom. The lowest BCUT2D eigenvalue weighted by atomic mass is 10.0. The number of nitrogens with zero attached hydrogens (tertiary/aromatic N) is 3. The molecule has 0 spiro atoms. The molecule has 0 radical (unpaired) electrons. The van der Waals surface area contributed by atoms with Gasteiger partial charge in [0.15, 0.2) is 0 Å². The van der Waals surface area contributed by atoms with Gasteiger partial charge in [-0.05, 0) is 53.8 Å². The van der Waals surface area contributed by atoms with Gasteiger partial charge in [-0.25, -0.2) is 20.2 Å². The average Bonchev–Trinajstić information content (AvgIpc) is 3.46. The molecule has 3 unspecified atom stereocenters. The van der Waals surface area contributed by atoms with E-state index in [1.54, 1.807) is 36.8 Å². The summed E-state index contributed by atoms with van der Waals surface area (Å²) in [6.45, 7) is 0. The van der Waals surface area contributed by atoms with E-state index in [9.17, 15) is 17.6 Å². The van der Waals surface area contributed by atoms with Crippen molar-refractivity contribution < 1.29 is 17.6 Å². The summed E-state index contributed by atoms with van der Waals surface area (Å²) >= 11 is 0. The largest absolute Gasteiger partial charge is 0.407 e. The molecule has 2 aromatic heterocycles. The summed E-state index contributed by atoms with van der Waals surface area (Å²) in [5.74, 6) is -0.277. The summed E-state index contributed by atoms with van der Waals surface area (Å²) < 4.78 is 55.3. The summed E-state index contributed by atoms with van der Waals surface area (Å²) in [5.41, 5.74) is 10.7. The fraction of sp³-hybridized carbons (Fsp3) is 0.300. The monoisotopic (exact) mass is 418 g/mol. The van der Waals surface area contributed by atoms with Gasteiger partial charge in [-0.3, -0.25) is 4.98 Å². The summed E-state index contributed by atoms with van der Waals surface area (Å²) in [5, 5.41) is 0. The van der Waals surface area contributed by atoms with Gasteiger partial charge in [0.2, 0.25) is 0 Å². The number of hydrazine groups is 2. The van der Waals surface area contributed by atoms with Gasteiger partial charge in [-0.2, -0.15) is 18.7 Å². The quantitative estimate of drug-likeness (QED) is 0.570. The molecule has 6 nitrogen and oxygen atoms in total. The van der Waals surface area contributed by atoms with Crippen LogP contribution in [0.3, 0.4) is 0 Å². The second kappa shape index (κ2) is 7.15. The van der Waals surface area contributed by atoms with Crippen LogP contribution in [0.1, 0.15) is 35.2 Å². The molecule has 10 heteroatoms. The van der Waals surface area contributed by atoms with Gasteiger partial charge in [-0.1, -0.05) is 6.07 Å². The maximum atomic E-state index is 13.7. The minimum atomic E-state index is -4.42. The minimum absolute atomic E-state index is 0.0281. The van der Waals surface area contributed by atoms with Crippen LogP contribution in [-0.2, 0) is 6.42 Å². The minimum Gasteiger partial charge on any atom is -0.329 e. The summed E-state index contributed by atoms with van der Waals surface area (Å²) in [6.07, 6.45) is 2.20. The van der Waals surface area contributed by atoms with E-state index in [2.05, 4.69) is 26.4 Å². The number of halogens is 4. The molecule has 1 fully saturated rings. The molecule has 1 saturated heterocycles. The zero-order valence-electron chi connectivity index (χ0n) is 15.6. The highest BCUT2D eigenvalue weighted by molar-refractivity contribution is 5.54. The van der Waals surface area contributed by atoms with Crippen molar-refractivity contribution in [2.45, 2.75) is 37.1 Å². The maximum Gasteiger partial charge on any atom is 0.407 e. The lowest BCUT2D eigenvalue weighted by molar-refractivity contribution is -0.156. The maximum absolute atomic E-state index is 13.7. The molecule has 0 amide bonds. The van der Waals surface area contributed by atoms with Gasteiger partial charge in [0.25, 0.3) is 0 Å². The third-order valence-electron chi connectivity index (χ3n) is 5.66. The molecule has 0 saturated carbocycles. The number of aromatic nitrogens is 3. The Labute approximate surface area is 169 Å². The van der Waals surface area contributed by atoms with Crippen molar-refractivity contribution in [2.24, 2.45) is 0 Å². The second-order valence-electron chi connectivity index (χ2n) is 7.49. The van der Waals surface area contributed by atoms with Gasteiger partial charge in [-0.15, -0.1) is 0 Å². The smallest absolute Gasteiger partial charge is 0.329 e. The van der Waals surface area contributed by atoms with Gasteiger partial charge in [0.05, 0.1) is 24.1 Å². The first-order valence-corrected chi connectivity index (χ1v) is 9.51. The van der Waals surface area contributed by atoms with E-state index in [-0.39, 0.29) is 11.9 Å². The highest BCUT2D eigenvalue weighted by Gasteiger charge is 2.48. The SMILES string of the molecule is Fc1ccc2c(c1)C(n1cnc(-c3cc(C4NNNC4C(F)(F)F)ccn3)c1)CC2. The van der Waals surface area contributed by atoms with Crippen LogP contribution >= 0.6 is 0 Å². The number of nitrogens with one attached hydrogen (secondary N) is 3. The van der Waals surface area contributed by atoms with Crippen LogP contribution in [0.2, 0.25) is 0 Å². The Balaban J connectivity index is 1.43. The van der Waals surface area contributed by atoms with Crippen molar-refractivity contribution in [2.75, 3.05) is 0 Å². The molecule has 2 aliphatic rings. The number of rotatable bonds is 3. The Morgan fingerprint density at radius 3 is 2.73 bits per heavy atom. The average molecular weight is 418 g/mol. The summed E-state index contributed by atoms with van der Waals surface area (Å²) in [7, 11) is 0. The fourth-order valence-corrected chi connectivity index (χ4v) is 4.19. The molecule has 156 valence electrons. The molecule has 1 aliphatic heterocycles. The first-order chi connectivity index (χ1) is 14.4. The van der Waals surface area contributed by atoms with Crippen LogP contribution in [0.5, 0.6) is 0 Å². The first-order valence-electron chi connectivity index (χ1n) is 9.51. The number of benzene rings is 1. The van der Waals surface area contributed by atoms with Crippen molar-refractivity contribution >= 4 is 0 Å². The Bertz CT molecular complexity index is 1080. The van der Waals surface area contributed by atoms with Crippen molar-refractivity contribution in [3.05, 3.63) is 71.6 Å². The molecule has 1 aromatic carbocycles. The summed E-state index contributed by atoms with van der Waals surface area (Å²) in [6, 6.07) is 5.16. The van der Waals surface area contributed by atoms with E-state index in [0.29, 0.717) is 17.0 Å². The second-order valence-corrected chi connectivity index (χ2v) is 7.49. The van der Waals surface area contributed by atoms with E-state index in [1.807, 2.05) is 4.57 Å². The molecule has 30 heavy (non-hydrogen) atoms. The van der Waals surface area contributed by atoms with E-state index < -0.39 is 18.3 Å². The Hall–Kier alpha value is -2.82. The lowest BCUT2D eigenvalue weighted by Gasteiger charge is -2.21.